The van der Waals surface area contributed by atoms with Crippen LogP contribution in [0.15, 0.2) is 81.2 Å². The van der Waals surface area contributed by atoms with Crippen molar-refractivity contribution in [3.8, 4) is 5.75 Å². The highest BCUT2D eigenvalue weighted by Crippen LogP contribution is 2.30. The van der Waals surface area contributed by atoms with E-state index in [1.807, 2.05) is 24.3 Å². The molecule has 9 heteroatoms. The SMILES string of the molecule is O=C1NC(=O)N(c2ccccc2F)C(=O)/C1=C\c1ccc(OCc2ccccc2Br)c(Br)c1. The van der Waals surface area contributed by atoms with Gasteiger partial charge in [0, 0.05) is 10.0 Å². The summed E-state index contributed by atoms with van der Waals surface area (Å²) in [4.78, 5) is 38.1. The normalized spacial score (nSPS) is 15.1. The number of amides is 4. The number of nitrogens with one attached hydrogen (secondary N) is 1. The number of hydrogen-bond donors (Lipinski definition) is 1. The molecule has 0 aliphatic carbocycles. The number of ether oxygens (including phenoxy) is 1. The molecule has 3 aromatic carbocycles. The van der Waals surface area contributed by atoms with E-state index in [0.717, 1.165) is 16.1 Å². The molecule has 0 aromatic heterocycles. The van der Waals surface area contributed by atoms with Gasteiger partial charge in [-0.15, -0.1) is 0 Å². The molecule has 0 radical (unpaired) electrons. The molecule has 1 saturated heterocycles. The Morgan fingerprint density at radius 1 is 0.939 bits per heavy atom. The highest BCUT2D eigenvalue weighted by Gasteiger charge is 2.37. The van der Waals surface area contributed by atoms with Crippen LogP contribution in [0.3, 0.4) is 0 Å². The molecule has 3 aromatic rings. The number of imide groups is 2. The number of para-hydroxylation sites is 1. The fraction of sp³-hybridized carbons (Fsp3) is 0.0417. The minimum atomic E-state index is -1.01. The number of rotatable bonds is 5. The van der Waals surface area contributed by atoms with Crippen LogP contribution in [-0.4, -0.2) is 17.8 Å². The summed E-state index contributed by atoms with van der Waals surface area (Å²) in [6, 6.07) is 17.0. The van der Waals surface area contributed by atoms with Crippen molar-refractivity contribution in [1.29, 1.82) is 0 Å². The molecular weight excluding hydrogens is 559 g/mol. The lowest BCUT2D eigenvalue weighted by atomic mass is 10.1. The van der Waals surface area contributed by atoms with E-state index in [9.17, 15) is 18.8 Å². The number of anilines is 1. The summed E-state index contributed by atoms with van der Waals surface area (Å²) in [6.45, 7) is 0.334. The lowest BCUT2D eigenvalue weighted by Crippen LogP contribution is -2.54. The summed E-state index contributed by atoms with van der Waals surface area (Å²) in [5.41, 5.74) is 0.941. The fourth-order valence-corrected chi connectivity index (χ4v) is 4.08. The summed E-state index contributed by atoms with van der Waals surface area (Å²) in [7, 11) is 0. The zero-order valence-corrected chi connectivity index (χ0v) is 20.0. The van der Waals surface area contributed by atoms with Gasteiger partial charge in [0.2, 0.25) is 0 Å². The fourth-order valence-electron chi connectivity index (χ4n) is 3.17. The molecule has 6 nitrogen and oxygen atoms in total. The number of benzene rings is 3. The first-order valence-electron chi connectivity index (χ1n) is 9.67. The monoisotopic (exact) mass is 572 g/mol. The second kappa shape index (κ2) is 9.68. The quantitative estimate of drug-likeness (QED) is 0.319. The van der Waals surface area contributed by atoms with E-state index >= 15 is 0 Å². The van der Waals surface area contributed by atoms with Gasteiger partial charge in [0.1, 0.15) is 23.7 Å². The standard InChI is InChI=1S/C24H15Br2FN2O4/c25-17-6-2-1-5-15(17)13-33-21-10-9-14(12-18(21)26)11-16-22(30)28-24(32)29(23(16)31)20-8-4-3-7-19(20)27/h1-12H,13H2,(H,28,30,32)/b16-11-. The molecule has 1 aliphatic heterocycles. The third-order valence-electron chi connectivity index (χ3n) is 4.80. The number of hydrogen-bond acceptors (Lipinski definition) is 4. The van der Waals surface area contributed by atoms with Crippen molar-refractivity contribution in [3.63, 3.8) is 0 Å². The number of carbonyl (C=O) groups is 3. The first-order valence-corrected chi connectivity index (χ1v) is 11.3. The number of barbiturate groups is 1. The van der Waals surface area contributed by atoms with Crippen molar-refractivity contribution >= 4 is 61.5 Å². The van der Waals surface area contributed by atoms with Gasteiger partial charge < -0.3 is 4.74 Å². The van der Waals surface area contributed by atoms with Gasteiger partial charge in [0.05, 0.1) is 10.2 Å². The Bertz CT molecular complexity index is 1310. The van der Waals surface area contributed by atoms with Crippen LogP contribution >= 0.6 is 31.9 Å². The zero-order valence-electron chi connectivity index (χ0n) is 16.8. The van der Waals surface area contributed by atoms with Crippen LogP contribution in [0.5, 0.6) is 5.75 Å². The van der Waals surface area contributed by atoms with E-state index < -0.39 is 23.7 Å². The lowest BCUT2D eigenvalue weighted by Gasteiger charge is -2.26. The van der Waals surface area contributed by atoms with Crippen LogP contribution < -0.4 is 15.0 Å². The Kier molecular flexibility index (Phi) is 6.71. The largest absolute Gasteiger partial charge is 0.488 e. The molecule has 1 fully saturated rings. The average molecular weight is 574 g/mol. The third kappa shape index (κ3) is 4.89. The van der Waals surface area contributed by atoms with E-state index in [4.69, 9.17) is 4.74 Å². The summed E-state index contributed by atoms with van der Waals surface area (Å²) in [5, 5.41) is 2.08. The van der Waals surface area contributed by atoms with Gasteiger partial charge in [-0.1, -0.05) is 52.3 Å². The van der Waals surface area contributed by atoms with E-state index in [1.165, 1.54) is 24.3 Å². The Balaban J connectivity index is 1.58. The molecule has 0 bridgehead atoms. The number of nitrogens with zero attached hydrogens (tertiary/aromatic N) is 1. The van der Waals surface area contributed by atoms with Gasteiger partial charge in [-0.3, -0.25) is 14.9 Å². The summed E-state index contributed by atoms with van der Waals surface area (Å²) in [6.07, 6.45) is 1.33. The minimum Gasteiger partial charge on any atom is -0.488 e. The highest BCUT2D eigenvalue weighted by molar-refractivity contribution is 9.10. The molecule has 0 atom stereocenters. The maximum Gasteiger partial charge on any atom is 0.336 e. The molecule has 166 valence electrons. The van der Waals surface area contributed by atoms with E-state index in [0.29, 0.717) is 27.3 Å². The Morgan fingerprint density at radius 2 is 1.67 bits per heavy atom. The van der Waals surface area contributed by atoms with Crippen molar-refractivity contribution in [2.24, 2.45) is 0 Å². The average Bonchev–Trinajstić information content (AvgIpc) is 2.78. The lowest BCUT2D eigenvalue weighted by molar-refractivity contribution is -0.122. The van der Waals surface area contributed by atoms with Gasteiger partial charge in [-0.25, -0.2) is 14.1 Å². The maximum atomic E-state index is 14.2. The van der Waals surface area contributed by atoms with Crippen molar-refractivity contribution < 1.29 is 23.5 Å². The number of carbonyl (C=O) groups excluding carboxylic acids is 3. The number of halogens is 3. The smallest absolute Gasteiger partial charge is 0.336 e. The second-order valence-electron chi connectivity index (χ2n) is 6.98. The molecule has 0 spiro atoms. The summed E-state index contributed by atoms with van der Waals surface area (Å²) < 4.78 is 21.6. The Morgan fingerprint density at radius 3 is 2.39 bits per heavy atom. The van der Waals surface area contributed by atoms with Crippen molar-refractivity contribution in [2.75, 3.05) is 4.90 Å². The van der Waals surface area contributed by atoms with Crippen LogP contribution in [0.4, 0.5) is 14.9 Å². The van der Waals surface area contributed by atoms with Gasteiger partial charge in [0.15, 0.2) is 0 Å². The molecule has 1 N–H and O–H groups in total. The second-order valence-corrected chi connectivity index (χ2v) is 8.69. The van der Waals surface area contributed by atoms with Crippen LogP contribution in [0.2, 0.25) is 0 Å². The van der Waals surface area contributed by atoms with E-state index in [1.54, 1.807) is 18.2 Å². The van der Waals surface area contributed by atoms with Crippen molar-refractivity contribution in [1.82, 2.24) is 5.32 Å². The van der Waals surface area contributed by atoms with Gasteiger partial charge in [0.25, 0.3) is 11.8 Å². The molecule has 0 unspecified atom stereocenters. The van der Waals surface area contributed by atoms with E-state index in [2.05, 4.69) is 37.2 Å². The van der Waals surface area contributed by atoms with Crippen LogP contribution in [0.1, 0.15) is 11.1 Å². The van der Waals surface area contributed by atoms with Crippen LogP contribution in [0.25, 0.3) is 6.08 Å². The van der Waals surface area contributed by atoms with E-state index in [-0.39, 0.29) is 11.3 Å². The predicted molar refractivity (Wildman–Crippen MR) is 128 cm³/mol. The van der Waals surface area contributed by atoms with Crippen LogP contribution in [0, 0.1) is 5.82 Å². The molecule has 1 aliphatic rings. The summed E-state index contributed by atoms with van der Waals surface area (Å²) in [5.74, 6) is -1.97. The van der Waals surface area contributed by atoms with Crippen molar-refractivity contribution in [2.45, 2.75) is 6.61 Å². The van der Waals surface area contributed by atoms with Crippen molar-refractivity contribution in [3.05, 3.63) is 98.2 Å². The van der Waals surface area contributed by atoms with Gasteiger partial charge in [-0.05, 0) is 57.9 Å². The number of urea groups is 1. The zero-order chi connectivity index (χ0) is 23.5. The Hall–Kier alpha value is -3.30. The molecular formula is C24H15Br2FN2O4. The minimum absolute atomic E-state index is 0.240. The molecule has 33 heavy (non-hydrogen) atoms. The predicted octanol–water partition coefficient (Wildman–Crippen LogP) is 5.60. The maximum absolute atomic E-state index is 14.2. The topological polar surface area (TPSA) is 75.7 Å². The first-order chi connectivity index (χ1) is 15.8. The Labute approximate surface area is 205 Å². The molecule has 1 heterocycles. The molecule has 4 rings (SSSR count). The van der Waals surface area contributed by atoms with Gasteiger partial charge >= 0.3 is 6.03 Å². The van der Waals surface area contributed by atoms with Crippen LogP contribution in [-0.2, 0) is 16.2 Å². The molecule has 4 amide bonds. The highest BCUT2D eigenvalue weighted by atomic mass is 79.9. The molecule has 0 saturated carbocycles. The van der Waals surface area contributed by atoms with Gasteiger partial charge in [-0.2, -0.15) is 0 Å². The first kappa shape index (κ1) is 22.9. The summed E-state index contributed by atoms with van der Waals surface area (Å²) >= 11 is 6.91. The third-order valence-corrected chi connectivity index (χ3v) is 6.20.